The molecule has 2 aromatic rings. The van der Waals surface area contributed by atoms with Gasteiger partial charge in [0.05, 0.1) is 10.7 Å². The first-order valence-corrected chi connectivity index (χ1v) is 7.03. The molecule has 2 N–H and O–H groups in total. The number of nitrogens with two attached hydrogens (primary N) is 1. The average molecular weight is 261 g/mol. The SMILES string of the molecule is CCN(Cc1ccc(N)cc1)Cc1csc(C)n1. The quantitative estimate of drug-likeness (QED) is 0.841. The molecular formula is C14H19N3S. The topological polar surface area (TPSA) is 42.1 Å². The summed E-state index contributed by atoms with van der Waals surface area (Å²) in [7, 11) is 0. The van der Waals surface area contributed by atoms with Crippen molar-refractivity contribution in [1.29, 1.82) is 0 Å². The van der Waals surface area contributed by atoms with Gasteiger partial charge in [-0.15, -0.1) is 11.3 Å². The lowest BCUT2D eigenvalue weighted by atomic mass is 10.2. The fourth-order valence-corrected chi connectivity index (χ4v) is 2.47. The zero-order valence-electron chi connectivity index (χ0n) is 10.9. The van der Waals surface area contributed by atoms with E-state index in [1.165, 1.54) is 5.56 Å². The number of hydrogen-bond acceptors (Lipinski definition) is 4. The molecule has 0 radical (unpaired) electrons. The average Bonchev–Trinajstić information content (AvgIpc) is 2.77. The minimum Gasteiger partial charge on any atom is -0.399 e. The predicted molar refractivity (Wildman–Crippen MR) is 77.5 cm³/mol. The zero-order chi connectivity index (χ0) is 13.0. The molecule has 0 amide bonds. The Balaban J connectivity index is 1.99. The van der Waals surface area contributed by atoms with Crippen LogP contribution in [0.15, 0.2) is 29.6 Å². The van der Waals surface area contributed by atoms with Crippen molar-refractivity contribution in [3.05, 3.63) is 45.9 Å². The van der Waals surface area contributed by atoms with E-state index in [4.69, 9.17) is 5.73 Å². The molecule has 0 aliphatic rings. The highest BCUT2D eigenvalue weighted by Crippen LogP contribution is 2.13. The maximum absolute atomic E-state index is 5.69. The number of aryl methyl sites for hydroxylation is 1. The fraction of sp³-hybridized carbons (Fsp3) is 0.357. The van der Waals surface area contributed by atoms with Crippen molar-refractivity contribution in [3.63, 3.8) is 0 Å². The standard InChI is InChI=1S/C14H19N3S/c1-3-17(9-14-10-18-11(2)16-14)8-12-4-6-13(15)7-5-12/h4-7,10H,3,8-9,15H2,1-2H3. The number of rotatable bonds is 5. The molecular weight excluding hydrogens is 242 g/mol. The summed E-state index contributed by atoms with van der Waals surface area (Å²) in [5.41, 5.74) is 8.96. The van der Waals surface area contributed by atoms with Gasteiger partial charge in [0, 0.05) is 24.2 Å². The maximum atomic E-state index is 5.69. The lowest BCUT2D eigenvalue weighted by molar-refractivity contribution is 0.268. The Labute approximate surface area is 112 Å². The molecule has 3 nitrogen and oxygen atoms in total. The van der Waals surface area contributed by atoms with E-state index in [1.807, 2.05) is 19.1 Å². The van der Waals surface area contributed by atoms with Crippen molar-refractivity contribution < 1.29 is 0 Å². The third kappa shape index (κ3) is 3.55. The summed E-state index contributed by atoms with van der Waals surface area (Å²) in [6, 6.07) is 8.08. The minimum atomic E-state index is 0.817. The fourth-order valence-electron chi connectivity index (χ4n) is 1.87. The van der Waals surface area contributed by atoms with Gasteiger partial charge in [0.15, 0.2) is 0 Å². The largest absolute Gasteiger partial charge is 0.399 e. The maximum Gasteiger partial charge on any atom is 0.0897 e. The highest BCUT2D eigenvalue weighted by atomic mass is 32.1. The molecule has 0 saturated heterocycles. The number of nitrogens with zero attached hydrogens (tertiary/aromatic N) is 2. The second kappa shape index (κ2) is 5.98. The lowest BCUT2D eigenvalue weighted by Crippen LogP contribution is -2.22. The molecule has 0 fully saturated rings. The number of benzene rings is 1. The Morgan fingerprint density at radius 1 is 1.22 bits per heavy atom. The van der Waals surface area contributed by atoms with Crippen LogP contribution >= 0.6 is 11.3 Å². The summed E-state index contributed by atoms with van der Waals surface area (Å²) in [6.45, 7) is 7.08. The number of hydrogen-bond donors (Lipinski definition) is 1. The summed E-state index contributed by atoms with van der Waals surface area (Å²) in [5, 5.41) is 3.27. The van der Waals surface area contributed by atoms with Gasteiger partial charge < -0.3 is 5.73 Å². The van der Waals surface area contributed by atoms with Gasteiger partial charge >= 0.3 is 0 Å². The number of aromatic nitrogens is 1. The van der Waals surface area contributed by atoms with Crippen LogP contribution < -0.4 is 5.73 Å². The molecule has 0 atom stereocenters. The van der Waals surface area contributed by atoms with E-state index in [-0.39, 0.29) is 0 Å². The van der Waals surface area contributed by atoms with Crippen LogP contribution in [-0.4, -0.2) is 16.4 Å². The van der Waals surface area contributed by atoms with Crippen molar-refractivity contribution >= 4 is 17.0 Å². The predicted octanol–water partition coefficient (Wildman–Crippen LogP) is 3.06. The van der Waals surface area contributed by atoms with E-state index in [0.717, 1.165) is 36.0 Å². The second-order valence-electron chi connectivity index (χ2n) is 4.40. The van der Waals surface area contributed by atoms with Crippen LogP contribution in [0, 0.1) is 6.92 Å². The Hall–Kier alpha value is -1.39. The Morgan fingerprint density at radius 2 is 1.94 bits per heavy atom. The highest BCUT2D eigenvalue weighted by Gasteiger charge is 2.07. The summed E-state index contributed by atoms with van der Waals surface area (Å²) >= 11 is 1.71. The third-order valence-corrected chi connectivity index (χ3v) is 3.71. The first-order valence-electron chi connectivity index (χ1n) is 6.15. The van der Waals surface area contributed by atoms with Crippen LogP contribution in [0.1, 0.15) is 23.2 Å². The number of nitrogen functional groups attached to an aromatic ring is 1. The molecule has 0 aliphatic carbocycles. The van der Waals surface area contributed by atoms with E-state index in [1.54, 1.807) is 11.3 Å². The van der Waals surface area contributed by atoms with Crippen LogP contribution in [-0.2, 0) is 13.1 Å². The number of thiazole rings is 1. The summed E-state index contributed by atoms with van der Waals surface area (Å²) in [6.07, 6.45) is 0. The molecule has 0 unspecified atom stereocenters. The second-order valence-corrected chi connectivity index (χ2v) is 5.46. The van der Waals surface area contributed by atoms with Gasteiger partial charge in [-0.05, 0) is 31.2 Å². The van der Waals surface area contributed by atoms with Crippen LogP contribution in [0.25, 0.3) is 0 Å². The summed E-state index contributed by atoms with van der Waals surface area (Å²) in [5.74, 6) is 0. The monoisotopic (exact) mass is 261 g/mol. The normalized spacial score (nSPS) is 11.1. The van der Waals surface area contributed by atoms with E-state index < -0.39 is 0 Å². The summed E-state index contributed by atoms with van der Waals surface area (Å²) in [4.78, 5) is 6.89. The van der Waals surface area contributed by atoms with Gasteiger partial charge in [-0.3, -0.25) is 4.90 Å². The molecule has 0 saturated carbocycles. The molecule has 0 spiro atoms. The Kier molecular flexibility index (Phi) is 4.33. The molecule has 1 aromatic heterocycles. The first-order chi connectivity index (χ1) is 8.67. The first kappa shape index (κ1) is 13.1. The molecule has 96 valence electrons. The van der Waals surface area contributed by atoms with Gasteiger partial charge in [-0.1, -0.05) is 19.1 Å². The van der Waals surface area contributed by atoms with Crippen LogP contribution in [0.4, 0.5) is 5.69 Å². The van der Waals surface area contributed by atoms with Crippen molar-refractivity contribution in [2.24, 2.45) is 0 Å². The molecule has 4 heteroatoms. The van der Waals surface area contributed by atoms with Crippen molar-refractivity contribution in [1.82, 2.24) is 9.88 Å². The molecule has 18 heavy (non-hydrogen) atoms. The van der Waals surface area contributed by atoms with Crippen LogP contribution in [0.5, 0.6) is 0 Å². The smallest absolute Gasteiger partial charge is 0.0897 e. The molecule has 0 bridgehead atoms. The third-order valence-electron chi connectivity index (χ3n) is 2.89. The van der Waals surface area contributed by atoms with E-state index in [9.17, 15) is 0 Å². The van der Waals surface area contributed by atoms with E-state index in [0.29, 0.717) is 0 Å². The van der Waals surface area contributed by atoms with Crippen molar-refractivity contribution in [3.8, 4) is 0 Å². The van der Waals surface area contributed by atoms with Gasteiger partial charge in [0.2, 0.25) is 0 Å². The van der Waals surface area contributed by atoms with Crippen molar-refractivity contribution in [2.75, 3.05) is 12.3 Å². The highest BCUT2D eigenvalue weighted by molar-refractivity contribution is 7.09. The van der Waals surface area contributed by atoms with Gasteiger partial charge in [0.25, 0.3) is 0 Å². The van der Waals surface area contributed by atoms with Gasteiger partial charge in [-0.25, -0.2) is 4.98 Å². The van der Waals surface area contributed by atoms with Crippen LogP contribution in [0.3, 0.4) is 0 Å². The lowest BCUT2D eigenvalue weighted by Gasteiger charge is -2.19. The van der Waals surface area contributed by atoms with E-state index >= 15 is 0 Å². The summed E-state index contributed by atoms with van der Waals surface area (Å²) < 4.78 is 0. The van der Waals surface area contributed by atoms with Crippen molar-refractivity contribution in [2.45, 2.75) is 26.9 Å². The van der Waals surface area contributed by atoms with E-state index in [2.05, 4.69) is 34.3 Å². The zero-order valence-corrected chi connectivity index (χ0v) is 11.7. The van der Waals surface area contributed by atoms with Crippen LogP contribution in [0.2, 0.25) is 0 Å². The Bertz CT molecular complexity index is 490. The van der Waals surface area contributed by atoms with Gasteiger partial charge in [0.1, 0.15) is 0 Å². The molecule has 1 heterocycles. The Morgan fingerprint density at radius 3 is 2.50 bits per heavy atom. The van der Waals surface area contributed by atoms with Gasteiger partial charge in [-0.2, -0.15) is 0 Å². The minimum absolute atomic E-state index is 0.817. The number of anilines is 1. The molecule has 0 aliphatic heterocycles. The molecule has 1 aromatic carbocycles. The molecule has 2 rings (SSSR count).